The quantitative estimate of drug-likeness (QED) is 0.304. The first-order valence-electron chi connectivity index (χ1n) is 11.5. The van der Waals surface area contributed by atoms with Crippen molar-refractivity contribution in [3.8, 4) is 0 Å². The van der Waals surface area contributed by atoms with E-state index in [2.05, 4.69) is 76.1 Å². The molecule has 0 saturated heterocycles. The highest BCUT2D eigenvalue weighted by atomic mass is 16.2. The minimum atomic E-state index is 0.235. The molecule has 1 aromatic heterocycles. The number of rotatable bonds is 7. The molecule has 0 bridgehead atoms. The number of amides is 1. The lowest BCUT2D eigenvalue weighted by Crippen LogP contribution is -2.39. The molecular formula is C26H33N5O. The molecule has 1 aliphatic rings. The molecule has 0 saturated carbocycles. The minimum Gasteiger partial charge on any atom is -0.358 e. The third-order valence-corrected chi connectivity index (χ3v) is 6.26. The average molecular weight is 432 g/mol. The molecule has 2 heterocycles. The van der Waals surface area contributed by atoms with Crippen LogP contribution in [0.25, 0.3) is 10.9 Å². The van der Waals surface area contributed by atoms with Gasteiger partial charge in [-0.2, -0.15) is 0 Å². The number of hydrogen-bond donors (Lipinski definition) is 3. The van der Waals surface area contributed by atoms with E-state index in [-0.39, 0.29) is 5.91 Å². The SMILES string of the molecule is CN=C(NCCCC(=O)N1CCc2ccccc2C1)NCCc1c(C)[nH]c2ccccc12. The molecule has 0 atom stereocenters. The molecule has 6 nitrogen and oxygen atoms in total. The topological polar surface area (TPSA) is 72.5 Å². The van der Waals surface area contributed by atoms with E-state index < -0.39 is 0 Å². The van der Waals surface area contributed by atoms with Gasteiger partial charge in [-0.05, 0) is 48.9 Å². The number of aryl methyl sites for hydroxylation is 1. The van der Waals surface area contributed by atoms with E-state index in [1.807, 2.05) is 4.90 Å². The van der Waals surface area contributed by atoms with Gasteiger partial charge in [0.25, 0.3) is 0 Å². The Hall–Kier alpha value is -3.28. The van der Waals surface area contributed by atoms with E-state index in [9.17, 15) is 4.79 Å². The van der Waals surface area contributed by atoms with Gasteiger partial charge in [-0.1, -0.05) is 42.5 Å². The van der Waals surface area contributed by atoms with Gasteiger partial charge in [-0.25, -0.2) is 0 Å². The Morgan fingerprint density at radius 1 is 1.06 bits per heavy atom. The van der Waals surface area contributed by atoms with Crippen molar-refractivity contribution in [3.05, 3.63) is 70.9 Å². The van der Waals surface area contributed by atoms with E-state index in [0.29, 0.717) is 6.42 Å². The molecule has 0 radical (unpaired) electrons. The highest BCUT2D eigenvalue weighted by Gasteiger charge is 2.19. The molecule has 0 unspecified atom stereocenters. The number of guanidine groups is 1. The predicted molar refractivity (Wildman–Crippen MR) is 131 cm³/mol. The molecule has 0 spiro atoms. The fraction of sp³-hybridized carbons (Fsp3) is 0.385. The van der Waals surface area contributed by atoms with Crippen molar-refractivity contribution in [3.63, 3.8) is 0 Å². The van der Waals surface area contributed by atoms with Crippen molar-refractivity contribution in [1.29, 1.82) is 0 Å². The zero-order valence-electron chi connectivity index (χ0n) is 19.1. The molecule has 2 aromatic carbocycles. The van der Waals surface area contributed by atoms with Gasteiger partial charge in [-0.15, -0.1) is 0 Å². The molecule has 3 aromatic rings. The Balaban J connectivity index is 1.17. The Morgan fingerprint density at radius 2 is 1.81 bits per heavy atom. The van der Waals surface area contributed by atoms with Crippen LogP contribution in [0.15, 0.2) is 53.5 Å². The van der Waals surface area contributed by atoms with Gasteiger partial charge in [0, 0.05) is 56.2 Å². The van der Waals surface area contributed by atoms with Gasteiger partial charge in [0.05, 0.1) is 0 Å². The summed E-state index contributed by atoms with van der Waals surface area (Å²) in [6, 6.07) is 16.8. The smallest absolute Gasteiger partial charge is 0.222 e. The first-order valence-corrected chi connectivity index (χ1v) is 11.5. The van der Waals surface area contributed by atoms with E-state index in [1.54, 1.807) is 7.05 Å². The lowest BCUT2D eigenvalue weighted by Gasteiger charge is -2.29. The van der Waals surface area contributed by atoms with Crippen LogP contribution in [-0.2, 0) is 24.2 Å². The van der Waals surface area contributed by atoms with E-state index in [0.717, 1.165) is 51.4 Å². The Kier molecular flexibility index (Phi) is 7.10. The largest absolute Gasteiger partial charge is 0.358 e. The summed E-state index contributed by atoms with van der Waals surface area (Å²) >= 11 is 0. The van der Waals surface area contributed by atoms with Gasteiger partial charge in [0.2, 0.25) is 5.91 Å². The molecule has 6 heteroatoms. The van der Waals surface area contributed by atoms with Crippen LogP contribution in [0.2, 0.25) is 0 Å². The minimum absolute atomic E-state index is 0.235. The number of fused-ring (bicyclic) bond motifs is 2. The van der Waals surface area contributed by atoms with Crippen molar-refractivity contribution in [2.75, 3.05) is 26.7 Å². The number of hydrogen-bond acceptors (Lipinski definition) is 2. The highest BCUT2D eigenvalue weighted by molar-refractivity contribution is 5.85. The molecule has 32 heavy (non-hydrogen) atoms. The maximum Gasteiger partial charge on any atom is 0.222 e. The number of para-hydroxylation sites is 1. The van der Waals surface area contributed by atoms with Crippen molar-refractivity contribution in [2.24, 2.45) is 4.99 Å². The summed E-state index contributed by atoms with van der Waals surface area (Å²) in [7, 11) is 1.78. The van der Waals surface area contributed by atoms with Gasteiger partial charge < -0.3 is 20.5 Å². The summed E-state index contributed by atoms with van der Waals surface area (Å²) < 4.78 is 0. The molecule has 168 valence electrons. The summed E-state index contributed by atoms with van der Waals surface area (Å²) in [4.78, 5) is 22.4. The fourth-order valence-corrected chi connectivity index (χ4v) is 4.50. The summed E-state index contributed by atoms with van der Waals surface area (Å²) in [5.41, 5.74) is 6.40. The number of nitrogens with zero attached hydrogens (tertiary/aromatic N) is 2. The number of benzene rings is 2. The molecule has 1 aliphatic heterocycles. The molecule has 0 aliphatic carbocycles. The second kappa shape index (κ2) is 10.4. The molecule has 0 fully saturated rings. The third-order valence-electron chi connectivity index (χ3n) is 6.26. The Morgan fingerprint density at radius 3 is 2.66 bits per heavy atom. The Labute approximate surface area is 190 Å². The van der Waals surface area contributed by atoms with E-state index in [4.69, 9.17) is 0 Å². The van der Waals surface area contributed by atoms with Crippen molar-refractivity contribution < 1.29 is 4.79 Å². The number of carbonyl (C=O) groups excluding carboxylic acids is 1. The Bertz CT molecular complexity index is 1100. The van der Waals surface area contributed by atoms with Crippen LogP contribution in [0.3, 0.4) is 0 Å². The van der Waals surface area contributed by atoms with Gasteiger partial charge in [-0.3, -0.25) is 9.79 Å². The summed E-state index contributed by atoms with van der Waals surface area (Å²) in [6.45, 7) is 5.20. The average Bonchev–Trinajstić information content (AvgIpc) is 3.15. The standard InChI is InChI=1S/C26H33N5O/c1-19-22(23-10-5-6-11-24(23)30-19)13-16-29-26(27-2)28-15-7-12-25(32)31-17-14-20-8-3-4-9-21(20)18-31/h3-6,8-11,30H,7,12-18H2,1-2H3,(H2,27,28,29). The van der Waals surface area contributed by atoms with Crippen LogP contribution in [0, 0.1) is 6.92 Å². The number of H-pyrrole nitrogens is 1. The van der Waals surface area contributed by atoms with Gasteiger partial charge in [0.1, 0.15) is 0 Å². The maximum absolute atomic E-state index is 12.6. The lowest BCUT2D eigenvalue weighted by molar-refractivity contribution is -0.132. The zero-order valence-corrected chi connectivity index (χ0v) is 19.1. The molecule has 1 amide bonds. The summed E-state index contributed by atoms with van der Waals surface area (Å²) in [5, 5.41) is 8.01. The summed E-state index contributed by atoms with van der Waals surface area (Å²) in [6.07, 6.45) is 3.22. The number of aromatic nitrogens is 1. The number of aromatic amines is 1. The highest BCUT2D eigenvalue weighted by Crippen LogP contribution is 2.22. The first kappa shape index (κ1) is 21.9. The van der Waals surface area contributed by atoms with E-state index in [1.165, 1.54) is 33.3 Å². The fourth-order valence-electron chi connectivity index (χ4n) is 4.50. The number of nitrogens with one attached hydrogen (secondary N) is 3. The van der Waals surface area contributed by atoms with Crippen LogP contribution in [0.5, 0.6) is 0 Å². The zero-order chi connectivity index (χ0) is 22.3. The van der Waals surface area contributed by atoms with Crippen molar-refractivity contribution in [1.82, 2.24) is 20.5 Å². The molecule has 4 rings (SSSR count). The summed E-state index contributed by atoms with van der Waals surface area (Å²) in [5.74, 6) is 1.01. The van der Waals surface area contributed by atoms with Gasteiger partial charge >= 0.3 is 0 Å². The van der Waals surface area contributed by atoms with Crippen molar-refractivity contribution in [2.45, 2.75) is 39.2 Å². The van der Waals surface area contributed by atoms with Crippen molar-refractivity contribution >= 4 is 22.8 Å². The normalized spacial score (nSPS) is 13.8. The molecular weight excluding hydrogens is 398 g/mol. The lowest BCUT2D eigenvalue weighted by atomic mass is 9.99. The second-order valence-corrected chi connectivity index (χ2v) is 8.39. The van der Waals surface area contributed by atoms with Crippen LogP contribution < -0.4 is 10.6 Å². The number of aliphatic imine (C=N–C) groups is 1. The van der Waals surface area contributed by atoms with E-state index >= 15 is 0 Å². The van der Waals surface area contributed by atoms with Crippen LogP contribution in [-0.4, -0.2) is 48.4 Å². The van der Waals surface area contributed by atoms with Crippen LogP contribution >= 0.6 is 0 Å². The van der Waals surface area contributed by atoms with Gasteiger partial charge in [0.15, 0.2) is 5.96 Å². The third kappa shape index (κ3) is 5.13. The number of carbonyl (C=O) groups is 1. The van der Waals surface area contributed by atoms with Crippen LogP contribution in [0.1, 0.15) is 35.2 Å². The molecule has 3 N–H and O–H groups in total. The first-order chi connectivity index (χ1) is 15.7. The predicted octanol–water partition coefficient (Wildman–Crippen LogP) is 3.55. The van der Waals surface area contributed by atoms with Crippen LogP contribution in [0.4, 0.5) is 0 Å². The monoisotopic (exact) mass is 431 g/mol. The second-order valence-electron chi connectivity index (χ2n) is 8.39. The maximum atomic E-state index is 12.6.